The first kappa shape index (κ1) is 17.3. The molecule has 0 spiro atoms. The van der Waals surface area contributed by atoms with Crippen molar-refractivity contribution in [1.29, 1.82) is 0 Å². The number of hydrogen-bond acceptors (Lipinski definition) is 3. The van der Waals surface area contributed by atoms with Gasteiger partial charge in [0.2, 0.25) is 0 Å². The van der Waals surface area contributed by atoms with Crippen LogP contribution in [0, 0.1) is 0 Å². The summed E-state index contributed by atoms with van der Waals surface area (Å²) < 4.78 is 5.48. The molecule has 0 aliphatic carbocycles. The lowest BCUT2D eigenvalue weighted by atomic mass is 10.0. The zero-order valence-electron chi connectivity index (χ0n) is 15.2. The van der Waals surface area contributed by atoms with Crippen molar-refractivity contribution in [3.05, 3.63) is 54.6 Å². The molecule has 0 bridgehead atoms. The minimum atomic E-state index is -0.450. The van der Waals surface area contributed by atoms with Gasteiger partial charge in [0.1, 0.15) is 5.60 Å². The molecule has 1 fully saturated rings. The van der Waals surface area contributed by atoms with Gasteiger partial charge in [-0.15, -0.1) is 0 Å². The maximum atomic E-state index is 12.2. The van der Waals surface area contributed by atoms with Gasteiger partial charge >= 0.3 is 6.09 Å². The summed E-state index contributed by atoms with van der Waals surface area (Å²) >= 11 is 0. The molecular formula is C21H26N2O2. The zero-order chi connectivity index (χ0) is 17.9. The summed E-state index contributed by atoms with van der Waals surface area (Å²) in [7, 11) is 0. The summed E-state index contributed by atoms with van der Waals surface area (Å²) in [4.78, 5) is 16.4. The fourth-order valence-electron chi connectivity index (χ4n) is 3.07. The monoisotopic (exact) mass is 338 g/mol. The highest BCUT2D eigenvalue weighted by Gasteiger charge is 2.26. The normalized spacial score (nSPS) is 15.2. The molecule has 0 N–H and O–H groups in total. The van der Waals surface area contributed by atoms with E-state index in [1.54, 1.807) is 4.90 Å². The van der Waals surface area contributed by atoms with Crippen LogP contribution in [0.4, 0.5) is 10.5 Å². The first-order valence-electron chi connectivity index (χ1n) is 8.81. The molecule has 0 radical (unpaired) electrons. The van der Waals surface area contributed by atoms with Crippen LogP contribution in [0.25, 0.3) is 11.1 Å². The van der Waals surface area contributed by atoms with Crippen molar-refractivity contribution in [2.45, 2.75) is 26.4 Å². The lowest BCUT2D eigenvalue weighted by Crippen LogP contribution is -2.50. The Balaban J connectivity index is 1.71. The minimum absolute atomic E-state index is 0.219. The lowest BCUT2D eigenvalue weighted by Gasteiger charge is -2.37. The van der Waals surface area contributed by atoms with Crippen LogP contribution in [0.5, 0.6) is 0 Å². The van der Waals surface area contributed by atoms with Crippen LogP contribution in [0.3, 0.4) is 0 Å². The molecule has 2 aromatic carbocycles. The quantitative estimate of drug-likeness (QED) is 0.813. The Morgan fingerprint density at radius 3 is 2.12 bits per heavy atom. The number of carbonyl (C=O) groups excluding carboxylic acids is 1. The average molecular weight is 338 g/mol. The van der Waals surface area contributed by atoms with E-state index in [9.17, 15) is 4.79 Å². The van der Waals surface area contributed by atoms with E-state index in [1.165, 1.54) is 16.8 Å². The van der Waals surface area contributed by atoms with Crippen LogP contribution in [-0.2, 0) is 4.74 Å². The average Bonchev–Trinajstić information content (AvgIpc) is 2.61. The van der Waals surface area contributed by atoms with Crippen LogP contribution >= 0.6 is 0 Å². The lowest BCUT2D eigenvalue weighted by molar-refractivity contribution is 0.0240. The van der Waals surface area contributed by atoms with Crippen molar-refractivity contribution in [3.63, 3.8) is 0 Å². The molecule has 1 aliphatic rings. The van der Waals surface area contributed by atoms with Crippen molar-refractivity contribution in [2.75, 3.05) is 31.1 Å². The number of amides is 1. The first-order chi connectivity index (χ1) is 11.9. The van der Waals surface area contributed by atoms with Gasteiger partial charge in [0.05, 0.1) is 0 Å². The van der Waals surface area contributed by atoms with E-state index in [2.05, 4.69) is 53.4 Å². The third-order valence-electron chi connectivity index (χ3n) is 4.26. The van der Waals surface area contributed by atoms with Crippen molar-refractivity contribution in [2.24, 2.45) is 0 Å². The number of ether oxygens (including phenoxy) is 1. The van der Waals surface area contributed by atoms with E-state index < -0.39 is 5.60 Å². The molecule has 1 amide bonds. The van der Waals surface area contributed by atoms with Gasteiger partial charge in [-0.25, -0.2) is 4.79 Å². The highest BCUT2D eigenvalue weighted by atomic mass is 16.6. The predicted octanol–water partition coefficient (Wildman–Crippen LogP) is 4.41. The number of anilines is 1. The number of hydrogen-bond donors (Lipinski definition) is 0. The molecule has 3 rings (SSSR count). The molecule has 25 heavy (non-hydrogen) atoms. The summed E-state index contributed by atoms with van der Waals surface area (Å²) in [5.41, 5.74) is 3.22. The molecule has 4 nitrogen and oxygen atoms in total. The minimum Gasteiger partial charge on any atom is -0.444 e. The molecular weight excluding hydrogens is 312 g/mol. The largest absolute Gasteiger partial charge is 0.444 e. The number of para-hydroxylation sites is 1. The number of benzene rings is 2. The van der Waals surface area contributed by atoms with E-state index in [0.717, 1.165) is 13.1 Å². The van der Waals surface area contributed by atoms with Crippen LogP contribution in [-0.4, -0.2) is 42.8 Å². The van der Waals surface area contributed by atoms with E-state index in [1.807, 2.05) is 26.8 Å². The number of nitrogens with zero attached hydrogens (tertiary/aromatic N) is 2. The fraction of sp³-hybridized carbons (Fsp3) is 0.381. The number of carbonyl (C=O) groups is 1. The van der Waals surface area contributed by atoms with Crippen molar-refractivity contribution in [3.8, 4) is 11.1 Å². The van der Waals surface area contributed by atoms with Crippen LogP contribution < -0.4 is 4.90 Å². The molecule has 0 unspecified atom stereocenters. The van der Waals surface area contributed by atoms with E-state index in [4.69, 9.17) is 4.74 Å². The van der Waals surface area contributed by atoms with E-state index in [0.29, 0.717) is 13.1 Å². The smallest absolute Gasteiger partial charge is 0.410 e. The van der Waals surface area contributed by atoms with E-state index in [-0.39, 0.29) is 6.09 Å². The summed E-state index contributed by atoms with van der Waals surface area (Å²) in [6, 6.07) is 18.9. The summed E-state index contributed by atoms with van der Waals surface area (Å²) in [5.74, 6) is 0. The van der Waals surface area contributed by atoms with Gasteiger partial charge in [-0.3, -0.25) is 0 Å². The van der Waals surface area contributed by atoms with Crippen molar-refractivity contribution in [1.82, 2.24) is 4.90 Å². The highest BCUT2D eigenvalue weighted by molar-refractivity contribution is 5.79. The Bertz CT molecular complexity index is 714. The molecule has 1 heterocycles. The summed E-state index contributed by atoms with van der Waals surface area (Å²) in [6.07, 6.45) is -0.219. The Labute approximate surface area is 150 Å². The Morgan fingerprint density at radius 1 is 0.880 bits per heavy atom. The van der Waals surface area contributed by atoms with Crippen LogP contribution in [0.15, 0.2) is 54.6 Å². The maximum absolute atomic E-state index is 12.2. The Hall–Kier alpha value is -2.49. The molecule has 2 aromatic rings. The second-order valence-corrected chi connectivity index (χ2v) is 7.34. The molecule has 0 atom stereocenters. The van der Waals surface area contributed by atoms with Gasteiger partial charge in [-0.2, -0.15) is 0 Å². The maximum Gasteiger partial charge on any atom is 0.410 e. The Kier molecular flexibility index (Phi) is 4.98. The standard InChI is InChI=1S/C21H26N2O2/c1-21(2,3)25-20(24)23-15-13-22(14-16-23)19-12-8-7-11-18(19)17-9-5-4-6-10-17/h4-12H,13-16H2,1-3H3. The molecule has 0 saturated carbocycles. The van der Waals surface area contributed by atoms with Gasteiger partial charge in [-0.1, -0.05) is 48.5 Å². The highest BCUT2D eigenvalue weighted by Crippen LogP contribution is 2.31. The fourth-order valence-corrected chi connectivity index (χ4v) is 3.07. The van der Waals surface area contributed by atoms with Gasteiger partial charge in [0, 0.05) is 37.4 Å². The van der Waals surface area contributed by atoms with Crippen LogP contribution in [0.1, 0.15) is 20.8 Å². The van der Waals surface area contributed by atoms with Gasteiger partial charge in [0.25, 0.3) is 0 Å². The van der Waals surface area contributed by atoms with Gasteiger partial charge < -0.3 is 14.5 Å². The topological polar surface area (TPSA) is 32.8 Å². The van der Waals surface area contributed by atoms with Crippen molar-refractivity contribution < 1.29 is 9.53 Å². The van der Waals surface area contributed by atoms with Gasteiger partial charge in [-0.05, 0) is 32.4 Å². The number of piperazine rings is 1. The molecule has 4 heteroatoms. The van der Waals surface area contributed by atoms with Crippen LogP contribution in [0.2, 0.25) is 0 Å². The van der Waals surface area contributed by atoms with E-state index >= 15 is 0 Å². The molecule has 0 aromatic heterocycles. The molecule has 1 aliphatic heterocycles. The predicted molar refractivity (Wildman–Crippen MR) is 102 cm³/mol. The van der Waals surface area contributed by atoms with Gasteiger partial charge in [0.15, 0.2) is 0 Å². The SMILES string of the molecule is CC(C)(C)OC(=O)N1CCN(c2ccccc2-c2ccccc2)CC1. The second kappa shape index (κ2) is 7.18. The zero-order valence-corrected chi connectivity index (χ0v) is 15.2. The third kappa shape index (κ3) is 4.32. The second-order valence-electron chi connectivity index (χ2n) is 7.34. The molecule has 1 saturated heterocycles. The van der Waals surface area contributed by atoms with Crippen molar-refractivity contribution >= 4 is 11.8 Å². The Morgan fingerprint density at radius 2 is 1.48 bits per heavy atom. The summed E-state index contributed by atoms with van der Waals surface area (Å²) in [5, 5.41) is 0. The third-order valence-corrected chi connectivity index (χ3v) is 4.26. The summed E-state index contributed by atoms with van der Waals surface area (Å²) in [6.45, 7) is 8.67. The molecule has 132 valence electrons. The number of rotatable bonds is 2. The first-order valence-corrected chi connectivity index (χ1v) is 8.81.